The van der Waals surface area contributed by atoms with Gasteiger partial charge in [0, 0.05) is 19.5 Å². The molecule has 0 bridgehead atoms. The van der Waals surface area contributed by atoms with E-state index >= 15 is 0 Å². The number of imide groups is 1. The van der Waals surface area contributed by atoms with Crippen LogP contribution in [-0.2, 0) is 30.5 Å². The van der Waals surface area contributed by atoms with Crippen LogP contribution in [0.25, 0.3) is 0 Å². The summed E-state index contributed by atoms with van der Waals surface area (Å²) in [7, 11) is 0. The van der Waals surface area contributed by atoms with Crippen LogP contribution >= 0.6 is 0 Å². The van der Waals surface area contributed by atoms with Gasteiger partial charge in [0.15, 0.2) is 0 Å². The molecule has 3 rings (SSSR count). The highest BCUT2D eigenvalue weighted by Crippen LogP contribution is 2.23. The number of nitrogens with zero attached hydrogens (tertiary/aromatic N) is 2. The van der Waals surface area contributed by atoms with Gasteiger partial charge in [-0.15, -0.1) is 0 Å². The maximum atomic E-state index is 13.8. The normalized spacial score (nSPS) is 18.9. The quantitative estimate of drug-likeness (QED) is 0.236. The zero-order chi connectivity index (χ0) is 31.9. The molecule has 0 saturated carbocycles. The number of rotatable bonds is 17. The van der Waals surface area contributed by atoms with Crippen LogP contribution in [0.15, 0.2) is 30.3 Å². The van der Waals surface area contributed by atoms with Crippen molar-refractivity contribution in [2.45, 2.75) is 129 Å². The smallest absolute Gasteiger partial charge is 0.417 e. The SMILES string of the molecule is CCCCCCCCCCNC(=O)[C@@H]1CCCN1C(=O)[C@H](CC(C)C)NC(=O)[C@@H]1CCC(=O)N1C(=O)OCc1ccccc1. The number of nitrogens with one attached hydrogen (secondary N) is 2. The Kier molecular flexibility index (Phi) is 14.7. The third-order valence-electron chi connectivity index (χ3n) is 8.41. The predicted molar refractivity (Wildman–Crippen MR) is 168 cm³/mol. The molecule has 0 radical (unpaired) electrons. The minimum Gasteiger partial charge on any atom is -0.444 e. The van der Waals surface area contributed by atoms with E-state index in [0.29, 0.717) is 32.4 Å². The summed E-state index contributed by atoms with van der Waals surface area (Å²) in [6, 6.07) is 6.58. The molecule has 10 nitrogen and oxygen atoms in total. The number of benzene rings is 1. The van der Waals surface area contributed by atoms with Gasteiger partial charge in [0.25, 0.3) is 0 Å². The van der Waals surface area contributed by atoms with Crippen LogP contribution in [-0.4, -0.2) is 70.7 Å². The summed E-state index contributed by atoms with van der Waals surface area (Å²) in [6.45, 7) is 7.13. The highest BCUT2D eigenvalue weighted by atomic mass is 16.6. The zero-order valence-corrected chi connectivity index (χ0v) is 26.9. The summed E-state index contributed by atoms with van der Waals surface area (Å²) in [4.78, 5) is 68.2. The Balaban J connectivity index is 1.54. The number of amides is 5. The first-order valence-electron chi connectivity index (χ1n) is 16.6. The molecular formula is C34H52N4O6. The molecule has 2 fully saturated rings. The van der Waals surface area contributed by atoms with E-state index in [9.17, 15) is 24.0 Å². The van der Waals surface area contributed by atoms with E-state index in [1.54, 1.807) is 17.0 Å². The van der Waals surface area contributed by atoms with E-state index in [1.165, 1.54) is 38.5 Å². The van der Waals surface area contributed by atoms with E-state index in [2.05, 4.69) is 17.6 Å². The fourth-order valence-electron chi connectivity index (χ4n) is 6.00. The van der Waals surface area contributed by atoms with Crippen molar-refractivity contribution in [3.63, 3.8) is 0 Å². The highest BCUT2D eigenvalue weighted by molar-refractivity contribution is 6.01. The van der Waals surface area contributed by atoms with Gasteiger partial charge in [-0.1, -0.05) is 96.0 Å². The number of carbonyl (C=O) groups is 5. The predicted octanol–water partition coefficient (Wildman–Crippen LogP) is 5.09. The van der Waals surface area contributed by atoms with Gasteiger partial charge in [0.05, 0.1) is 0 Å². The number of hydrogen-bond donors (Lipinski definition) is 2. The summed E-state index contributed by atoms with van der Waals surface area (Å²) in [5.41, 5.74) is 0.762. The number of ether oxygens (including phenoxy) is 1. The highest BCUT2D eigenvalue weighted by Gasteiger charge is 2.43. The Hall–Kier alpha value is -3.43. The molecule has 244 valence electrons. The fraction of sp³-hybridized carbons (Fsp3) is 0.676. The summed E-state index contributed by atoms with van der Waals surface area (Å²) in [5.74, 6) is -1.43. The van der Waals surface area contributed by atoms with Crippen molar-refractivity contribution >= 4 is 29.7 Å². The van der Waals surface area contributed by atoms with Crippen molar-refractivity contribution < 1.29 is 28.7 Å². The van der Waals surface area contributed by atoms with Crippen molar-refractivity contribution in [3.8, 4) is 0 Å². The van der Waals surface area contributed by atoms with Gasteiger partial charge in [-0.3, -0.25) is 19.2 Å². The van der Waals surface area contributed by atoms with E-state index in [-0.39, 0.29) is 37.2 Å². The van der Waals surface area contributed by atoms with Crippen LogP contribution in [0.3, 0.4) is 0 Å². The average Bonchev–Trinajstić information content (AvgIpc) is 3.66. The second-order valence-corrected chi connectivity index (χ2v) is 12.5. The molecule has 2 aliphatic rings. The largest absolute Gasteiger partial charge is 0.444 e. The Labute approximate surface area is 262 Å². The van der Waals surface area contributed by atoms with Gasteiger partial charge in [0.2, 0.25) is 23.6 Å². The van der Waals surface area contributed by atoms with Gasteiger partial charge in [-0.05, 0) is 43.6 Å². The lowest BCUT2D eigenvalue weighted by atomic mass is 10.0. The Morgan fingerprint density at radius 3 is 2.27 bits per heavy atom. The Morgan fingerprint density at radius 1 is 0.909 bits per heavy atom. The average molecular weight is 613 g/mol. The Morgan fingerprint density at radius 2 is 1.59 bits per heavy atom. The molecule has 1 aromatic carbocycles. The maximum Gasteiger partial charge on any atom is 0.417 e. The molecule has 3 atom stereocenters. The molecule has 2 saturated heterocycles. The van der Waals surface area contributed by atoms with E-state index in [4.69, 9.17) is 4.74 Å². The lowest BCUT2D eigenvalue weighted by Gasteiger charge is -2.31. The van der Waals surface area contributed by atoms with Crippen molar-refractivity contribution in [2.24, 2.45) is 5.92 Å². The summed E-state index contributed by atoms with van der Waals surface area (Å²) < 4.78 is 5.34. The topological polar surface area (TPSA) is 125 Å². The second kappa shape index (κ2) is 18.4. The van der Waals surface area contributed by atoms with Crippen LogP contribution in [0.1, 0.15) is 110 Å². The molecule has 10 heteroatoms. The van der Waals surface area contributed by atoms with Crippen LogP contribution in [0.5, 0.6) is 0 Å². The van der Waals surface area contributed by atoms with Crippen molar-refractivity contribution in [3.05, 3.63) is 35.9 Å². The van der Waals surface area contributed by atoms with Gasteiger partial charge < -0.3 is 20.3 Å². The molecule has 1 aromatic rings. The van der Waals surface area contributed by atoms with Crippen molar-refractivity contribution in [1.82, 2.24) is 20.4 Å². The summed E-state index contributed by atoms with van der Waals surface area (Å²) in [5, 5.41) is 5.84. The first kappa shape index (κ1) is 35.1. The molecule has 0 unspecified atom stereocenters. The van der Waals surface area contributed by atoms with Gasteiger partial charge in [-0.2, -0.15) is 0 Å². The number of likely N-dealkylation sites (tertiary alicyclic amines) is 2. The Bertz CT molecular complexity index is 1090. The molecule has 2 aliphatic heterocycles. The van der Waals surface area contributed by atoms with Gasteiger partial charge >= 0.3 is 6.09 Å². The monoisotopic (exact) mass is 612 g/mol. The standard InChI is InChI=1S/C34H52N4O6/c1-4-5-6-7-8-9-10-14-21-35-31(40)28-18-15-22-37(28)33(42)27(23-25(2)3)36-32(41)29-19-20-30(39)38(29)34(43)44-24-26-16-12-11-13-17-26/h11-13,16-17,25,27-29H,4-10,14-15,18-24H2,1-3H3,(H,35,40)(H,36,41)/t27-,28-,29-/m0/s1. The molecule has 0 spiro atoms. The third kappa shape index (κ3) is 10.6. The molecule has 0 aliphatic carbocycles. The third-order valence-corrected chi connectivity index (χ3v) is 8.41. The van der Waals surface area contributed by atoms with Gasteiger partial charge in [-0.25, -0.2) is 9.69 Å². The molecular weight excluding hydrogens is 560 g/mol. The molecule has 2 N–H and O–H groups in total. The molecule has 44 heavy (non-hydrogen) atoms. The number of hydrogen-bond acceptors (Lipinski definition) is 6. The van der Waals surface area contributed by atoms with Crippen LogP contribution < -0.4 is 10.6 Å². The van der Waals surface area contributed by atoms with Crippen molar-refractivity contribution in [2.75, 3.05) is 13.1 Å². The van der Waals surface area contributed by atoms with Crippen LogP contribution in [0.2, 0.25) is 0 Å². The molecule has 0 aromatic heterocycles. The van der Waals surface area contributed by atoms with Gasteiger partial charge in [0.1, 0.15) is 24.7 Å². The lowest BCUT2D eigenvalue weighted by molar-refractivity contribution is -0.142. The first-order chi connectivity index (χ1) is 21.2. The van der Waals surface area contributed by atoms with E-state index in [0.717, 1.165) is 23.3 Å². The maximum absolute atomic E-state index is 13.8. The van der Waals surface area contributed by atoms with Crippen LogP contribution in [0.4, 0.5) is 4.79 Å². The number of unbranched alkanes of at least 4 members (excludes halogenated alkanes) is 7. The lowest BCUT2D eigenvalue weighted by Crippen LogP contribution is -2.57. The van der Waals surface area contributed by atoms with Crippen LogP contribution in [0, 0.1) is 5.92 Å². The van der Waals surface area contributed by atoms with Crippen molar-refractivity contribution in [1.29, 1.82) is 0 Å². The van der Waals surface area contributed by atoms with E-state index in [1.807, 2.05) is 32.0 Å². The second-order valence-electron chi connectivity index (χ2n) is 12.5. The summed E-state index contributed by atoms with van der Waals surface area (Å²) in [6.07, 6.45) is 10.4. The van der Waals surface area contributed by atoms with E-state index < -0.39 is 36.0 Å². The summed E-state index contributed by atoms with van der Waals surface area (Å²) >= 11 is 0. The minimum absolute atomic E-state index is 0.0241. The number of carbonyl (C=O) groups excluding carboxylic acids is 5. The minimum atomic E-state index is -1.06. The first-order valence-corrected chi connectivity index (χ1v) is 16.6. The zero-order valence-electron chi connectivity index (χ0n) is 26.9. The fourth-order valence-corrected chi connectivity index (χ4v) is 6.00. The molecule has 5 amide bonds. The molecule has 2 heterocycles.